The van der Waals surface area contributed by atoms with Crippen LogP contribution in [-0.2, 0) is 20.8 Å². The molecule has 1 aliphatic heterocycles. The van der Waals surface area contributed by atoms with E-state index < -0.39 is 0 Å². The lowest BCUT2D eigenvalue weighted by molar-refractivity contribution is -0.131. The number of carbonyl (C=O) groups excluding carboxylic acids is 3. The maximum absolute atomic E-state index is 12.6. The average Bonchev–Trinajstić information content (AvgIpc) is 2.76. The van der Waals surface area contributed by atoms with Gasteiger partial charge in [-0.3, -0.25) is 19.3 Å². The average molecular weight is 424 g/mol. The molecule has 0 saturated heterocycles. The number of hydrogen-bond donors (Lipinski definition) is 1. The van der Waals surface area contributed by atoms with Crippen molar-refractivity contribution in [2.75, 3.05) is 36.5 Å². The smallest absolute Gasteiger partial charge is 0.265 e. The van der Waals surface area contributed by atoms with Crippen molar-refractivity contribution in [2.45, 2.75) is 33.6 Å². The summed E-state index contributed by atoms with van der Waals surface area (Å²) in [7, 11) is 0. The largest absolute Gasteiger partial charge is 0.482 e. The molecule has 7 nitrogen and oxygen atoms in total. The summed E-state index contributed by atoms with van der Waals surface area (Å²) in [5, 5.41) is 2.88. The van der Waals surface area contributed by atoms with Crippen LogP contribution in [0.25, 0.3) is 0 Å². The molecule has 0 saturated carbocycles. The van der Waals surface area contributed by atoms with Crippen molar-refractivity contribution in [3.05, 3.63) is 53.6 Å². The molecule has 1 aliphatic rings. The molecule has 0 atom stereocenters. The lowest BCUT2D eigenvalue weighted by atomic mass is 10.1. The van der Waals surface area contributed by atoms with Crippen molar-refractivity contribution < 1.29 is 19.1 Å². The minimum Gasteiger partial charge on any atom is -0.482 e. The van der Waals surface area contributed by atoms with Crippen LogP contribution in [0, 0.1) is 6.92 Å². The summed E-state index contributed by atoms with van der Waals surface area (Å²) < 4.78 is 5.51. The molecule has 2 aromatic rings. The molecule has 0 aromatic heterocycles. The van der Waals surface area contributed by atoms with Crippen LogP contribution in [0.1, 0.15) is 31.4 Å². The zero-order valence-electron chi connectivity index (χ0n) is 18.3. The summed E-state index contributed by atoms with van der Waals surface area (Å²) in [5.41, 5.74) is 3.34. The monoisotopic (exact) mass is 423 g/mol. The van der Waals surface area contributed by atoms with Gasteiger partial charge in [0.2, 0.25) is 11.8 Å². The zero-order chi connectivity index (χ0) is 22.4. The summed E-state index contributed by atoms with van der Waals surface area (Å²) in [5.74, 6) is -0.00598. The van der Waals surface area contributed by atoms with E-state index in [-0.39, 0.29) is 30.9 Å². The summed E-state index contributed by atoms with van der Waals surface area (Å²) in [6.07, 6.45) is 0.989. The van der Waals surface area contributed by atoms with Crippen LogP contribution in [0.2, 0.25) is 0 Å². The molecule has 0 spiro atoms. The number of anilines is 2. The second-order valence-electron chi connectivity index (χ2n) is 7.55. The molecule has 0 fully saturated rings. The summed E-state index contributed by atoms with van der Waals surface area (Å²) >= 11 is 0. The van der Waals surface area contributed by atoms with Crippen molar-refractivity contribution in [1.29, 1.82) is 0 Å². The molecule has 1 N–H and O–H groups in total. The molecular formula is C24H29N3O4. The molecular weight excluding hydrogens is 394 g/mol. The number of ether oxygens (including phenoxy) is 1. The van der Waals surface area contributed by atoms with Crippen molar-refractivity contribution in [3.8, 4) is 5.75 Å². The van der Waals surface area contributed by atoms with Gasteiger partial charge in [-0.2, -0.15) is 0 Å². The number of rotatable bonds is 8. The lowest BCUT2D eigenvalue weighted by Gasteiger charge is -2.31. The fourth-order valence-corrected chi connectivity index (χ4v) is 3.50. The lowest BCUT2D eigenvalue weighted by Crippen LogP contribution is -2.46. The summed E-state index contributed by atoms with van der Waals surface area (Å²) in [6.45, 7) is 6.83. The highest BCUT2D eigenvalue weighted by Crippen LogP contribution is 2.34. The predicted octanol–water partition coefficient (Wildman–Crippen LogP) is 3.16. The first-order chi connectivity index (χ1) is 14.9. The third kappa shape index (κ3) is 5.63. The quantitative estimate of drug-likeness (QED) is 0.707. The van der Waals surface area contributed by atoms with Gasteiger partial charge in [0, 0.05) is 25.2 Å². The molecule has 1 heterocycles. The first kappa shape index (κ1) is 22.3. The molecule has 3 amide bonds. The highest BCUT2D eigenvalue weighted by atomic mass is 16.5. The third-order valence-electron chi connectivity index (χ3n) is 5.36. The van der Waals surface area contributed by atoms with Crippen LogP contribution < -0.4 is 15.0 Å². The van der Waals surface area contributed by atoms with Crippen molar-refractivity contribution in [3.63, 3.8) is 0 Å². The standard InChI is InChI=1S/C24H29N3O4/c1-4-26(5-2)23(29)15-27-20-14-19(11-12-21(20)31-16-24(27)30)25-22(28)13-10-18-8-6-17(3)7-9-18/h6-9,11-12,14H,4-5,10,13,15-16H2,1-3H3,(H,25,28). The number of nitrogens with one attached hydrogen (secondary N) is 1. The maximum Gasteiger partial charge on any atom is 0.265 e. The van der Waals surface area contributed by atoms with E-state index in [4.69, 9.17) is 4.74 Å². The Morgan fingerprint density at radius 2 is 1.81 bits per heavy atom. The number of aryl methyl sites for hydroxylation is 2. The third-order valence-corrected chi connectivity index (χ3v) is 5.36. The topological polar surface area (TPSA) is 79.0 Å². The van der Waals surface area contributed by atoms with Crippen LogP contribution in [0.15, 0.2) is 42.5 Å². The van der Waals surface area contributed by atoms with Crippen LogP contribution in [0.3, 0.4) is 0 Å². The number of amides is 3. The fraction of sp³-hybridized carbons (Fsp3) is 0.375. The van der Waals surface area contributed by atoms with Gasteiger partial charge in [0.05, 0.1) is 5.69 Å². The highest BCUT2D eigenvalue weighted by Gasteiger charge is 2.29. The summed E-state index contributed by atoms with van der Waals surface area (Å²) in [6, 6.07) is 13.2. The Bertz CT molecular complexity index is 952. The number of hydrogen-bond acceptors (Lipinski definition) is 4. The van der Waals surface area contributed by atoms with E-state index in [1.165, 1.54) is 10.5 Å². The number of carbonyl (C=O) groups is 3. The first-order valence-electron chi connectivity index (χ1n) is 10.6. The number of likely N-dealkylation sites (N-methyl/N-ethyl adjacent to an activating group) is 1. The van der Waals surface area contributed by atoms with E-state index in [9.17, 15) is 14.4 Å². The van der Waals surface area contributed by atoms with Gasteiger partial charge in [0.1, 0.15) is 12.3 Å². The van der Waals surface area contributed by atoms with Gasteiger partial charge in [0.15, 0.2) is 6.61 Å². The first-order valence-corrected chi connectivity index (χ1v) is 10.6. The fourth-order valence-electron chi connectivity index (χ4n) is 3.50. The van der Waals surface area contributed by atoms with Crippen molar-refractivity contribution in [2.24, 2.45) is 0 Å². The number of benzene rings is 2. The minimum atomic E-state index is -0.282. The predicted molar refractivity (Wildman–Crippen MR) is 120 cm³/mol. The van der Waals surface area contributed by atoms with Crippen molar-refractivity contribution in [1.82, 2.24) is 4.90 Å². The molecule has 7 heteroatoms. The van der Waals surface area contributed by atoms with Gasteiger partial charge >= 0.3 is 0 Å². The van der Waals surface area contributed by atoms with E-state index in [1.807, 2.05) is 45.0 Å². The number of fused-ring (bicyclic) bond motifs is 1. The molecule has 31 heavy (non-hydrogen) atoms. The molecule has 3 rings (SSSR count). The molecule has 0 aliphatic carbocycles. The van der Waals surface area contributed by atoms with Gasteiger partial charge in [-0.25, -0.2) is 0 Å². The van der Waals surface area contributed by atoms with E-state index in [2.05, 4.69) is 5.32 Å². The van der Waals surface area contributed by atoms with Crippen LogP contribution >= 0.6 is 0 Å². The van der Waals surface area contributed by atoms with E-state index in [0.717, 1.165) is 5.56 Å². The SMILES string of the molecule is CCN(CC)C(=O)CN1C(=O)COc2ccc(NC(=O)CCc3ccc(C)cc3)cc21. The van der Waals surface area contributed by atoms with E-state index in [1.54, 1.807) is 23.1 Å². The molecule has 2 aromatic carbocycles. The number of nitrogens with zero attached hydrogens (tertiary/aromatic N) is 2. The Hall–Kier alpha value is -3.35. The molecule has 0 bridgehead atoms. The molecule has 164 valence electrons. The van der Waals surface area contributed by atoms with Gasteiger partial charge in [-0.15, -0.1) is 0 Å². The Balaban J connectivity index is 1.69. The highest BCUT2D eigenvalue weighted by molar-refractivity contribution is 6.03. The van der Waals surface area contributed by atoms with Crippen LogP contribution in [0.5, 0.6) is 5.75 Å². The second-order valence-corrected chi connectivity index (χ2v) is 7.55. The Labute approximate surface area is 183 Å². The molecule has 0 unspecified atom stereocenters. The van der Waals surface area contributed by atoms with Gasteiger partial charge in [-0.05, 0) is 51.0 Å². The Kier molecular flexibility index (Phi) is 7.28. The Morgan fingerprint density at radius 1 is 1.10 bits per heavy atom. The van der Waals surface area contributed by atoms with Gasteiger partial charge in [-0.1, -0.05) is 29.8 Å². The normalized spacial score (nSPS) is 12.7. The van der Waals surface area contributed by atoms with E-state index >= 15 is 0 Å². The summed E-state index contributed by atoms with van der Waals surface area (Å²) in [4.78, 5) is 40.5. The second kappa shape index (κ2) is 10.1. The molecule has 0 radical (unpaired) electrons. The Morgan fingerprint density at radius 3 is 2.48 bits per heavy atom. The maximum atomic E-state index is 12.6. The van der Waals surface area contributed by atoms with Gasteiger partial charge in [0.25, 0.3) is 5.91 Å². The van der Waals surface area contributed by atoms with Crippen LogP contribution in [-0.4, -0.2) is 48.9 Å². The van der Waals surface area contributed by atoms with Crippen molar-refractivity contribution >= 4 is 29.1 Å². The van der Waals surface area contributed by atoms with Crippen LogP contribution in [0.4, 0.5) is 11.4 Å². The van der Waals surface area contributed by atoms with E-state index in [0.29, 0.717) is 43.1 Å². The van der Waals surface area contributed by atoms with Gasteiger partial charge < -0.3 is 15.0 Å². The zero-order valence-corrected chi connectivity index (χ0v) is 18.3. The minimum absolute atomic E-state index is 0.0539.